The van der Waals surface area contributed by atoms with E-state index < -0.39 is 0 Å². The Morgan fingerprint density at radius 2 is 1.76 bits per heavy atom. The van der Waals surface area contributed by atoms with E-state index in [0.717, 1.165) is 0 Å². The Kier molecular flexibility index (Phi) is 6.62. The highest BCUT2D eigenvalue weighted by atomic mass is 35.5. The van der Waals surface area contributed by atoms with Crippen molar-refractivity contribution in [1.29, 1.82) is 0 Å². The minimum Gasteiger partial charge on any atom is -0.493 e. The number of rotatable bonds is 7. The molecule has 1 aromatic rings. The van der Waals surface area contributed by atoms with Crippen LogP contribution in [-0.4, -0.2) is 50.6 Å². The molecule has 0 aliphatic rings. The maximum atomic E-state index is 12.7. The summed E-state index contributed by atoms with van der Waals surface area (Å²) in [6.45, 7) is 4.35. The van der Waals surface area contributed by atoms with E-state index in [2.05, 4.69) is 0 Å². The van der Waals surface area contributed by atoms with E-state index in [0.29, 0.717) is 35.2 Å². The Hall–Kier alpha value is -1.62. The number of carbonyl (C=O) groups excluding carboxylic acids is 1. The van der Waals surface area contributed by atoms with Gasteiger partial charge in [0, 0.05) is 18.5 Å². The minimum absolute atomic E-state index is 0.0362. The lowest BCUT2D eigenvalue weighted by molar-refractivity contribution is 0.0714. The number of amides is 1. The first kappa shape index (κ1) is 17.4. The van der Waals surface area contributed by atoms with Gasteiger partial charge in [-0.05, 0) is 26.0 Å². The number of hydrogen-bond acceptors (Lipinski definition) is 4. The summed E-state index contributed by atoms with van der Waals surface area (Å²) < 4.78 is 15.9. The number of alkyl halides is 1. The maximum absolute atomic E-state index is 12.7. The number of methoxy groups -OCH3 is 3. The van der Waals surface area contributed by atoms with Gasteiger partial charge in [-0.15, -0.1) is 11.6 Å². The summed E-state index contributed by atoms with van der Waals surface area (Å²) in [5, 5.41) is 0. The number of carbonyl (C=O) groups is 1. The molecule has 0 aliphatic heterocycles. The Morgan fingerprint density at radius 3 is 2.19 bits per heavy atom. The molecule has 0 N–H and O–H groups in total. The van der Waals surface area contributed by atoms with Crippen molar-refractivity contribution in [3.05, 3.63) is 17.7 Å². The van der Waals surface area contributed by atoms with Gasteiger partial charge in [0.1, 0.15) is 0 Å². The Bertz CT molecular complexity index is 491. The second-order valence-corrected chi connectivity index (χ2v) is 5.04. The molecule has 1 rings (SSSR count). The largest absolute Gasteiger partial charge is 0.493 e. The zero-order valence-corrected chi connectivity index (χ0v) is 13.9. The third kappa shape index (κ3) is 3.73. The van der Waals surface area contributed by atoms with Crippen molar-refractivity contribution in [3.8, 4) is 17.2 Å². The Balaban J connectivity index is 3.31. The Morgan fingerprint density at radius 1 is 1.14 bits per heavy atom. The summed E-state index contributed by atoms with van der Waals surface area (Å²) in [5.41, 5.74) is 0.425. The molecule has 0 atom stereocenters. The summed E-state index contributed by atoms with van der Waals surface area (Å²) in [6.07, 6.45) is 0. The zero-order valence-electron chi connectivity index (χ0n) is 13.1. The van der Waals surface area contributed by atoms with Crippen molar-refractivity contribution in [2.75, 3.05) is 33.8 Å². The lowest BCUT2D eigenvalue weighted by Gasteiger charge is -2.27. The average molecular weight is 316 g/mol. The average Bonchev–Trinajstić information content (AvgIpc) is 2.49. The summed E-state index contributed by atoms with van der Waals surface area (Å²) in [7, 11) is 4.54. The van der Waals surface area contributed by atoms with E-state index in [1.807, 2.05) is 13.8 Å². The fourth-order valence-electron chi connectivity index (χ4n) is 2.11. The number of hydrogen-bond donors (Lipinski definition) is 0. The first-order valence-corrected chi connectivity index (χ1v) is 7.21. The number of halogens is 1. The third-order valence-corrected chi connectivity index (χ3v) is 3.31. The standard InChI is InChI=1S/C15H22ClNO4/c1-10(2)17(9-8-16)15(18)11-6-7-12(19-3)14(21-5)13(11)20-4/h6-7,10H,8-9H2,1-5H3. The summed E-state index contributed by atoms with van der Waals surface area (Å²) in [6, 6.07) is 3.40. The molecule has 1 aromatic carbocycles. The molecule has 0 spiro atoms. The van der Waals surface area contributed by atoms with Gasteiger partial charge in [-0.1, -0.05) is 0 Å². The van der Waals surface area contributed by atoms with Crippen LogP contribution in [0.25, 0.3) is 0 Å². The molecule has 0 fully saturated rings. The fraction of sp³-hybridized carbons (Fsp3) is 0.533. The van der Waals surface area contributed by atoms with E-state index in [1.54, 1.807) is 17.0 Å². The molecule has 0 saturated carbocycles. The van der Waals surface area contributed by atoms with Crippen LogP contribution in [0.4, 0.5) is 0 Å². The van der Waals surface area contributed by atoms with Crippen molar-refractivity contribution in [3.63, 3.8) is 0 Å². The maximum Gasteiger partial charge on any atom is 0.258 e. The molecule has 0 bridgehead atoms. The van der Waals surface area contributed by atoms with Gasteiger partial charge in [0.05, 0.1) is 26.9 Å². The highest BCUT2D eigenvalue weighted by molar-refractivity contribution is 6.18. The smallest absolute Gasteiger partial charge is 0.258 e. The van der Waals surface area contributed by atoms with Gasteiger partial charge in [0.25, 0.3) is 5.91 Å². The molecular formula is C15H22ClNO4. The molecule has 0 heterocycles. The van der Waals surface area contributed by atoms with E-state index in [4.69, 9.17) is 25.8 Å². The minimum atomic E-state index is -0.150. The van der Waals surface area contributed by atoms with E-state index >= 15 is 0 Å². The predicted molar refractivity (Wildman–Crippen MR) is 83.0 cm³/mol. The number of benzene rings is 1. The second kappa shape index (κ2) is 7.98. The zero-order chi connectivity index (χ0) is 16.0. The summed E-state index contributed by atoms with van der Waals surface area (Å²) in [4.78, 5) is 14.4. The van der Waals surface area contributed by atoms with Crippen molar-refractivity contribution in [1.82, 2.24) is 4.90 Å². The van der Waals surface area contributed by atoms with Crippen LogP contribution in [0.15, 0.2) is 12.1 Å². The molecule has 6 heteroatoms. The summed E-state index contributed by atoms with van der Waals surface area (Å²) in [5.74, 6) is 1.50. The highest BCUT2D eigenvalue weighted by Gasteiger charge is 2.25. The first-order valence-electron chi connectivity index (χ1n) is 6.67. The molecule has 0 unspecified atom stereocenters. The van der Waals surface area contributed by atoms with Gasteiger partial charge in [-0.3, -0.25) is 4.79 Å². The molecule has 0 aliphatic carbocycles. The molecule has 21 heavy (non-hydrogen) atoms. The molecular weight excluding hydrogens is 294 g/mol. The predicted octanol–water partition coefficient (Wildman–Crippen LogP) is 2.80. The lowest BCUT2D eigenvalue weighted by atomic mass is 10.1. The SMILES string of the molecule is COc1ccc(C(=O)N(CCCl)C(C)C)c(OC)c1OC. The van der Waals surface area contributed by atoms with Crippen LogP contribution >= 0.6 is 11.6 Å². The molecule has 118 valence electrons. The third-order valence-electron chi connectivity index (χ3n) is 3.14. The van der Waals surface area contributed by atoms with Crippen LogP contribution < -0.4 is 14.2 Å². The van der Waals surface area contributed by atoms with Crippen LogP contribution in [0, 0.1) is 0 Å². The topological polar surface area (TPSA) is 48.0 Å². The van der Waals surface area contributed by atoms with Crippen molar-refractivity contribution < 1.29 is 19.0 Å². The second-order valence-electron chi connectivity index (χ2n) is 4.66. The van der Waals surface area contributed by atoms with Gasteiger partial charge < -0.3 is 19.1 Å². The van der Waals surface area contributed by atoms with Crippen LogP contribution in [-0.2, 0) is 0 Å². The van der Waals surface area contributed by atoms with E-state index in [-0.39, 0.29) is 11.9 Å². The normalized spacial score (nSPS) is 10.4. The lowest BCUT2D eigenvalue weighted by Crippen LogP contribution is -2.38. The first-order chi connectivity index (χ1) is 10.0. The van der Waals surface area contributed by atoms with Gasteiger partial charge in [0.15, 0.2) is 11.5 Å². The molecule has 0 saturated heterocycles. The van der Waals surface area contributed by atoms with Crippen LogP contribution in [0.2, 0.25) is 0 Å². The van der Waals surface area contributed by atoms with Gasteiger partial charge >= 0.3 is 0 Å². The van der Waals surface area contributed by atoms with Gasteiger partial charge in [-0.2, -0.15) is 0 Å². The van der Waals surface area contributed by atoms with Crippen molar-refractivity contribution >= 4 is 17.5 Å². The fourth-order valence-corrected chi connectivity index (χ4v) is 2.29. The summed E-state index contributed by atoms with van der Waals surface area (Å²) >= 11 is 5.78. The molecule has 0 aromatic heterocycles. The molecule has 0 radical (unpaired) electrons. The molecule has 1 amide bonds. The number of nitrogens with zero attached hydrogens (tertiary/aromatic N) is 1. The van der Waals surface area contributed by atoms with Crippen LogP contribution in [0.5, 0.6) is 17.2 Å². The van der Waals surface area contributed by atoms with E-state index in [1.165, 1.54) is 21.3 Å². The number of ether oxygens (including phenoxy) is 3. The van der Waals surface area contributed by atoms with Crippen molar-refractivity contribution in [2.45, 2.75) is 19.9 Å². The van der Waals surface area contributed by atoms with Crippen LogP contribution in [0.1, 0.15) is 24.2 Å². The van der Waals surface area contributed by atoms with Gasteiger partial charge in [0.2, 0.25) is 5.75 Å². The van der Waals surface area contributed by atoms with E-state index in [9.17, 15) is 4.79 Å². The Labute approximate surface area is 130 Å². The monoisotopic (exact) mass is 315 g/mol. The highest BCUT2D eigenvalue weighted by Crippen LogP contribution is 2.40. The quantitative estimate of drug-likeness (QED) is 0.726. The van der Waals surface area contributed by atoms with Crippen LogP contribution in [0.3, 0.4) is 0 Å². The van der Waals surface area contributed by atoms with Crippen molar-refractivity contribution in [2.24, 2.45) is 0 Å². The molecule has 5 nitrogen and oxygen atoms in total. The van der Waals surface area contributed by atoms with Gasteiger partial charge in [-0.25, -0.2) is 0 Å².